The Balaban J connectivity index is 1.84. The molecule has 0 fully saturated rings. The molecule has 0 radical (unpaired) electrons. The molecule has 150 valence electrons. The minimum absolute atomic E-state index is 0.0363. The van der Waals surface area contributed by atoms with E-state index in [1.54, 1.807) is 6.07 Å². The van der Waals surface area contributed by atoms with Gasteiger partial charge in [0.2, 0.25) is 11.8 Å². The Kier molecular flexibility index (Phi) is 7.06. The maximum Gasteiger partial charge on any atom is 0.416 e. The van der Waals surface area contributed by atoms with Crippen molar-refractivity contribution in [3.8, 4) is 0 Å². The number of thioether (sulfide) groups is 1. The summed E-state index contributed by atoms with van der Waals surface area (Å²) in [5, 5.41) is 4.78. The van der Waals surface area contributed by atoms with Crippen molar-refractivity contribution in [1.29, 1.82) is 0 Å². The molecule has 2 amide bonds. The van der Waals surface area contributed by atoms with Crippen LogP contribution in [0.2, 0.25) is 0 Å². The molecule has 2 N–H and O–H groups in total. The molecule has 0 unspecified atom stereocenters. The number of benzene rings is 2. The van der Waals surface area contributed by atoms with Gasteiger partial charge in [0, 0.05) is 5.69 Å². The Hall–Kier alpha value is -2.55. The fraction of sp³-hybridized carbons (Fsp3) is 0.263. The van der Waals surface area contributed by atoms with Gasteiger partial charge in [0.15, 0.2) is 0 Å². The first-order chi connectivity index (χ1) is 13.1. The Morgan fingerprint density at radius 1 is 0.929 bits per heavy atom. The summed E-state index contributed by atoms with van der Waals surface area (Å²) in [5.41, 5.74) is 1.12. The Morgan fingerprint density at radius 2 is 1.57 bits per heavy atom. The van der Waals surface area contributed by atoms with Crippen molar-refractivity contribution in [3.63, 3.8) is 0 Å². The minimum atomic E-state index is -4.64. The largest absolute Gasteiger partial charge is 0.416 e. The average molecular weight is 414 g/mol. The number of hydrogen-bond acceptors (Lipinski definition) is 3. The van der Waals surface area contributed by atoms with E-state index in [1.165, 1.54) is 0 Å². The SMILES string of the molecule is Cc1ccc(NC(=O)CSCC(=O)Nc2cc(C(F)(F)F)ccc2F)cc1C. The van der Waals surface area contributed by atoms with E-state index in [-0.39, 0.29) is 17.4 Å². The molecule has 2 aromatic rings. The zero-order valence-corrected chi connectivity index (χ0v) is 15.9. The van der Waals surface area contributed by atoms with Crippen LogP contribution in [0.5, 0.6) is 0 Å². The van der Waals surface area contributed by atoms with Crippen LogP contribution >= 0.6 is 11.8 Å². The van der Waals surface area contributed by atoms with Gasteiger partial charge < -0.3 is 10.6 Å². The van der Waals surface area contributed by atoms with E-state index in [2.05, 4.69) is 10.6 Å². The third kappa shape index (κ3) is 6.26. The molecular weight excluding hydrogens is 396 g/mol. The fourth-order valence-corrected chi connectivity index (χ4v) is 2.85. The second-order valence-electron chi connectivity index (χ2n) is 6.08. The van der Waals surface area contributed by atoms with Crippen molar-refractivity contribution in [2.45, 2.75) is 20.0 Å². The number of nitrogens with one attached hydrogen (secondary N) is 2. The van der Waals surface area contributed by atoms with Crippen LogP contribution < -0.4 is 10.6 Å². The highest BCUT2D eigenvalue weighted by Crippen LogP contribution is 2.31. The van der Waals surface area contributed by atoms with Crippen molar-refractivity contribution >= 4 is 35.0 Å². The highest BCUT2D eigenvalue weighted by molar-refractivity contribution is 8.00. The molecule has 9 heteroatoms. The number of amides is 2. The molecular formula is C19H18F4N2O2S. The second kappa shape index (κ2) is 9.09. The molecule has 28 heavy (non-hydrogen) atoms. The topological polar surface area (TPSA) is 58.2 Å². The first-order valence-corrected chi connectivity index (χ1v) is 9.33. The molecule has 0 aliphatic heterocycles. The van der Waals surface area contributed by atoms with Gasteiger partial charge in [-0.3, -0.25) is 9.59 Å². The van der Waals surface area contributed by atoms with Crippen LogP contribution in [0.1, 0.15) is 16.7 Å². The average Bonchev–Trinajstić information content (AvgIpc) is 2.59. The molecule has 4 nitrogen and oxygen atoms in total. The predicted molar refractivity (Wildman–Crippen MR) is 102 cm³/mol. The normalized spacial score (nSPS) is 11.2. The number of aryl methyl sites for hydroxylation is 2. The van der Waals surface area contributed by atoms with Gasteiger partial charge in [-0.05, 0) is 55.3 Å². The minimum Gasteiger partial charge on any atom is -0.325 e. The first-order valence-electron chi connectivity index (χ1n) is 8.17. The van der Waals surface area contributed by atoms with Crippen LogP contribution in [0.3, 0.4) is 0 Å². The Morgan fingerprint density at radius 3 is 2.18 bits per heavy atom. The third-order valence-electron chi connectivity index (χ3n) is 3.82. The van der Waals surface area contributed by atoms with Crippen molar-refractivity contribution in [2.24, 2.45) is 0 Å². The Bertz CT molecular complexity index is 885. The lowest BCUT2D eigenvalue weighted by Gasteiger charge is -2.11. The number of anilines is 2. The summed E-state index contributed by atoms with van der Waals surface area (Å²) in [6.45, 7) is 3.86. The molecule has 2 rings (SSSR count). The highest BCUT2D eigenvalue weighted by atomic mass is 32.2. The van der Waals surface area contributed by atoms with Crippen LogP contribution in [0.4, 0.5) is 28.9 Å². The highest BCUT2D eigenvalue weighted by Gasteiger charge is 2.31. The number of carbonyl (C=O) groups excluding carboxylic acids is 2. The zero-order chi connectivity index (χ0) is 20.9. The Labute approximate surface area is 163 Å². The summed E-state index contributed by atoms with van der Waals surface area (Å²) >= 11 is 0.962. The van der Waals surface area contributed by atoms with Gasteiger partial charge in [-0.15, -0.1) is 11.8 Å². The standard InChI is InChI=1S/C19H18F4N2O2S/c1-11-3-5-14(7-12(11)2)24-17(26)9-28-10-18(27)25-16-8-13(19(21,22)23)4-6-15(16)20/h3-8H,9-10H2,1-2H3,(H,24,26)(H,25,27). The summed E-state index contributed by atoms with van der Waals surface area (Å²) in [4.78, 5) is 23.7. The number of carbonyl (C=O) groups is 2. The van der Waals surface area contributed by atoms with E-state index in [0.717, 1.165) is 22.9 Å². The maximum atomic E-state index is 13.6. The van der Waals surface area contributed by atoms with Gasteiger partial charge in [0.1, 0.15) is 5.82 Å². The third-order valence-corrected chi connectivity index (χ3v) is 4.76. The number of alkyl halides is 3. The van der Waals surface area contributed by atoms with Crippen LogP contribution in [0, 0.1) is 19.7 Å². The van der Waals surface area contributed by atoms with E-state index in [1.807, 2.05) is 26.0 Å². The van der Waals surface area contributed by atoms with Gasteiger partial charge >= 0.3 is 6.18 Å². The predicted octanol–water partition coefficient (Wildman–Crippen LogP) is 4.77. The summed E-state index contributed by atoms with van der Waals surface area (Å²) < 4.78 is 51.6. The summed E-state index contributed by atoms with van der Waals surface area (Å²) in [7, 11) is 0. The van der Waals surface area contributed by atoms with Gasteiger partial charge in [0.25, 0.3) is 0 Å². The van der Waals surface area contributed by atoms with Crippen molar-refractivity contribution in [2.75, 3.05) is 22.1 Å². The summed E-state index contributed by atoms with van der Waals surface area (Å²) in [6.07, 6.45) is -4.64. The molecule has 2 aromatic carbocycles. The second-order valence-corrected chi connectivity index (χ2v) is 7.07. The first kappa shape index (κ1) is 21.7. The summed E-state index contributed by atoms with van der Waals surface area (Å²) in [6, 6.07) is 7.22. The number of halogens is 4. The van der Waals surface area contributed by atoms with E-state index in [9.17, 15) is 27.2 Å². The molecule has 0 bridgehead atoms. The lowest BCUT2D eigenvalue weighted by molar-refractivity contribution is -0.137. The van der Waals surface area contributed by atoms with Crippen LogP contribution in [0.25, 0.3) is 0 Å². The van der Waals surface area contributed by atoms with Crippen molar-refractivity contribution in [1.82, 2.24) is 0 Å². The monoisotopic (exact) mass is 414 g/mol. The van der Waals surface area contributed by atoms with Crippen molar-refractivity contribution in [3.05, 3.63) is 58.9 Å². The van der Waals surface area contributed by atoms with Gasteiger partial charge in [-0.1, -0.05) is 6.07 Å². The lowest BCUT2D eigenvalue weighted by atomic mass is 10.1. The molecule has 0 saturated heterocycles. The molecule has 0 heterocycles. The molecule has 0 aliphatic rings. The van der Waals surface area contributed by atoms with Crippen molar-refractivity contribution < 1.29 is 27.2 Å². The molecule has 0 aliphatic carbocycles. The zero-order valence-electron chi connectivity index (χ0n) is 15.1. The van der Waals surface area contributed by atoms with Crippen LogP contribution in [-0.4, -0.2) is 23.3 Å². The van der Waals surface area contributed by atoms with Crippen LogP contribution in [0.15, 0.2) is 36.4 Å². The number of hydrogen-bond donors (Lipinski definition) is 2. The molecule has 0 spiro atoms. The van der Waals surface area contributed by atoms with Gasteiger partial charge in [-0.2, -0.15) is 13.2 Å². The van der Waals surface area contributed by atoms with E-state index < -0.39 is 29.2 Å². The van der Waals surface area contributed by atoms with Gasteiger partial charge in [-0.25, -0.2) is 4.39 Å². The quantitative estimate of drug-likeness (QED) is 0.670. The van der Waals surface area contributed by atoms with Gasteiger partial charge in [0.05, 0.1) is 22.8 Å². The lowest BCUT2D eigenvalue weighted by Crippen LogP contribution is -2.19. The number of rotatable bonds is 6. The maximum absolute atomic E-state index is 13.6. The molecule has 0 aromatic heterocycles. The van der Waals surface area contributed by atoms with E-state index >= 15 is 0 Å². The fourth-order valence-electron chi connectivity index (χ4n) is 2.24. The van der Waals surface area contributed by atoms with E-state index in [0.29, 0.717) is 23.9 Å². The smallest absolute Gasteiger partial charge is 0.325 e. The van der Waals surface area contributed by atoms with Crippen LogP contribution in [-0.2, 0) is 15.8 Å². The summed E-state index contributed by atoms with van der Waals surface area (Å²) in [5.74, 6) is -2.26. The molecule has 0 atom stereocenters. The van der Waals surface area contributed by atoms with E-state index in [4.69, 9.17) is 0 Å². The molecule has 0 saturated carbocycles.